The van der Waals surface area contributed by atoms with E-state index < -0.39 is 0 Å². The molecule has 0 N–H and O–H groups in total. The summed E-state index contributed by atoms with van der Waals surface area (Å²) in [6, 6.07) is 5.38. The Labute approximate surface area is 176 Å². The minimum absolute atomic E-state index is 0.0192. The topological polar surface area (TPSA) is 68.8 Å². The van der Waals surface area contributed by atoms with Crippen LogP contribution in [0, 0.1) is 5.92 Å². The van der Waals surface area contributed by atoms with Crippen molar-refractivity contribution in [3.05, 3.63) is 64.7 Å². The number of rotatable bonds is 5. The molecule has 7 nitrogen and oxygen atoms in total. The van der Waals surface area contributed by atoms with Crippen molar-refractivity contribution in [3.63, 3.8) is 0 Å². The molecular weight excluding hydrogens is 376 g/mol. The number of aryl methyl sites for hydroxylation is 1. The lowest BCUT2D eigenvalue weighted by Crippen LogP contribution is -2.36. The molecule has 30 heavy (non-hydrogen) atoms. The number of fused-ring (bicyclic) bond motifs is 1. The van der Waals surface area contributed by atoms with Crippen LogP contribution in [-0.4, -0.2) is 42.3 Å². The van der Waals surface area contributed by atoms with Crippen LogP contribution < -0.4 is 5.56 Å². The van der Waals surface area contributed by atoms with E-state index in [0.717, 1.165) is 57.5 Å². The van der Waals surface area contributed by atoms with Gasteiger partial charge in [0.25, 0.3) is 5.56 Å². The molecule has 0 saturated carbocycles. The molecule has 0 aliphatic carbocycles. The lowest BCUT2D eigenvalue weighted by molar-refractivity contribution is 0.165. The highest BCUT2D eigenvalue weighted by Crippen LogP contribution is 2.24. The summed E-state index contributed by atoms with van der Waals surface area (Å²) < 4.78 is 3.96. The van der Waals surface area contributed by atoms with Crippen molar-refractivity contribution >= 4 is 0 Å². The number of likely N-dealkylation sites (tertiary alicyclic amines) is 1. The number of hydrogen-bond donors (Lipinski definition) is 0. The standard InChI is InChI=1S/C23H28N6O/c30-23-13-21(19-4-8-24-9-5-19)25-17-28(23)15-18-6-11-27(12-7-18)16-20-14-26-29-10-2-1-3-22(20)29/h4-5,8-9,13-14,17-18H,1-3,6-7,10-12,15-16H2. The molecule has 3 aromatic heterocycles. The highest BCUT2D eigenvalue weighted by atomic mass is 16.1. The lowest BCUT2D eigenvalue weighted by atomic mass is 9.96. The van der Waals surface area contributed by atoms with Crippen molar-refractivity contribution in [1.82, 2.24) is 29.2 Å². The number of hydrogen-bond acceptors (Lipinski definition) is 5. The van der Waals surface area contributed by atoms with Crippen LogP contribution in [0.1, 0.15) is 36.9 Å². The first-order valence-electron chi connectivity index (χ1n) is 11.0. The third kappa shape index (κ3) is 4.07. The molecule has 156 valence electrons. The monoisotopic (exact) mass is 404 g/mol. The van der Waals surface area contributed by atoms with Gasteiger partial charge in [0, 0.05) is 54.9 Å². The van der Waals surface area contributed by atoms with Crippen molar-refractivity contribution in [2.75, 3.05) is 13.1 Å². The van der Waals surface area contributed by atoms with Gasteiger partial charge in [0.15, 0.2) is 0 Å². The van der Waals surface area contributed by atoms with Gasteiger partial charge in [-0.1, -0.05) is 0 Å². The fourth-order valence-corrected chi connectivity index (χ4v) is 4.71. The normalized spacial score (nSPS) is 17.7. The van der Waals surface area contributed by atoms with Gasteiger partial charge < -0.3 is 0 Å². The van der Waals surface area contributed by atoms with Gasteiger partial charge >= 0.3 is 0 Å². The van der Waals surface area contributed by atoms with Crippen LogP contribution >= 0.6 is 0 Å². The van der Waals surface area contributed by atoms with Gasteiger partial charge in [0.2, 0.25) is 0 Å². The maximum absolute atomic E-state index is 12.6. The number of pyridine rings is 1. The molecule has 3 aromatic rings. The summed E-state index contributed by atoms with van der Waals surface area (Å²) in [5.74, 6) is 0.522. The number of piperidine rings is 1. The molecular formula is C23H28N6O. The third-order valence-corrected chi connectivity index (χ3v) is 6.48. The Morgan fingerprint density at radius 2 is 1.90 bits per heavy atom. The Hall–Kier alpha value is -2.80. The quantitative estimate of drug-likeness (QED) is 0.654. The highest BCUT2D eigenvalue weighted by Gasteiger charge is 2.22. The van der Waals surface area contributed by atoms with Gasteiger partial charge in [-0.25, -0.2) is 4.98 Å². The summed E-state index contributed by atoms with van der Waals surface area (Å²) in [6.07, 6.45) is 13.1. The summed E-state index contributed by atoms with van der Waals surface area (Å²) in [7, 11) is 0. The Kier molecular flexibility index (Phi) is 5.45. The summed E-state index contributed by atoms with van der Waals surface area (Å²) in [4.78, 5) is 23.6. The number of nitrogens with zero attached hydrogens (tertiary/aromatic N) is 6. The van der Waals surface area contributed by atoms with Gasteiger partial charge in [0.1, 0.15) is 0 Å². The summed E-state index contributed by atoms with van der Waals surface area (Å²) >= 11 is 0. The summed E-state index contributed by atoms with van der Waals surface area (Å²) in [5.41, 5.74) is 4.49. The summed E-state index contributed by atoms with van der Waals surface area (Å²) in [6.45, 7) is 4.98. The van der Waals surface area contributed by atoms with Crippen LogP contribution in [0.25, 0.3) is 11.3 Å². The molecule has 0 unspecified atom stereocenters. The Balaban J connectivity index is 1.18. The minimum Gasteiger partial charge on any atom is -0.299 e. The maximum Gasteiger partial charge on any atom is 0.253 e. The van der Waals surface area contributed by atoms with Crippen LogP contribution in [0.2, 0.25) is 0 Å². The largest absolute Gasteiger partial charge is 0.299 e. The molecule has 5 rings (SSSR count). The Morgan fingerprint density at radius 1 is 1.07 bits per heavy atom. The van der Waals surface area contributed by atoms with Crippen molar-refractivity contribution in [3.8, 4) is 11.3 Å². The average molecular weight is 405 g/mol. The highest BCUT2D eigenvalue weighted by molar-refractivity contribution is 5.57. The molecule has 5 heterocycles. The van der Waals surface area contributed by atoms with Crippen LogP contribution in [0.3, 0.4) is 0 Å². The first kappa shape index (κ1) is 19.2. The van der Waals surface area contributed by atoms with Gasteiger partial charge in [0.05, 0.1) is 18.2 Å². The Morgan fingerprint density at radius 3 is 2.70 bits per heavy atom. The zero-order valence-corrected chi connectivity index (χ0v) is 17.3. The molecule has 7 heteroatoms. The van der Waals surface area contributed by atoms with Crippen LogP contribution in [0.5, 0.6) is 0 Å². The van der Waals surface area contributed by atoms with E-state index in [0.29, 0.717) is 11.6 Å². The van der Waals surface area contributed by atoms with Gasteiger partial charge in [-0.2, -0.15) is 5.10 Å². The molecule has 0 radical (unpaired) electrons. The smallest absolute Gasteiger partial charge is 0.253 e. The molecule has 0 aromatic carbocycles. The van der Waals surface area contributed by atoms with Crippen molar-refractivity contribution in [2.45, 2.75) is 51.7 Å². The van der Waals surface area contributed by atoms with Crippen LogP contribution in [-0.2, 0) is 26.1 Å². The molecule has 0 bridgehead atoms. The SMILES string of the molecule is O=c1cc(-c2ccncc2)ncn1CC1CCN(Cc2cnn3c2CCCC3)CC1. The molecule has 0 amide bonds. The van der Waals surface area contributed by atoms with E-state index in [2.05, 4.69) is 30.8 Å². The van der Waals surface area contributed by atoms with E-state index in [1.807, 2.05) is 12.1 Å². The van der Waals surface area contributed by atoms with E-state index in [4.69, 9.17) is 0 Å². The van der Waals surface area contributed by atoms with Crippen molar-refractivity contribution in [2.24, 2.45) is 5.92 Å². The molecule has 1 fully saturated rings. The second-order valence-electron chi connectivity index (χ2n) is 8.52. The molecule has 1 saturated heterocycles. The van der Waals surface area contributed by atoms with Crippen LogP contribution in [0.15, 0.2) is 47.9 Å². The first-order valence-corrected chi connectivity index (χ1v) is 11.0. The summed E-state index contributed by atoms with van der Waals surface area (Å²) in [5, 5.41) is 4.57. The minimum atomic E-state index is 0.0192. The third-order valence-electron chi connectivity index (χ3n) is 6.48. The van der Waals surface area contributed by atoms with Crippen LogP contribution in [0.4, 0.5) is 0 Å². The van der Waals surface area contributed by atoms with E-state index in [1.54, 1.807) is 29.4 Å². The maximum atomic E-state index is 12.6. The second-order valence-corrected chi connectivity index (χ2v) is 8.52. The first-order chi connectivity index (χ1) is 14.8. The van der Waals surface area contributed by atoms with E-state index in [1.165, 1.54) is 24.1 Å². The predicted molar refractivity (Wildman–Crippen MR) is 115 cm³/mol. The number of aromatic nitrogens is 5. The average Bonchev–Trinajstić information content (AvgIpc) is 3.20. The van der Waals surface area contributed by atoms with E-state index in [9.17, 15) is 4.79 Å². The molecule has 0 spiro atoms. The zero-order valence-electron chi connectivity index (χ0n) is 17.3. The fraction of sp³-hybridized carbons (Fsp3) is 0.478. The molecule has 0 atom stereocenters. The Bertz CT molecular complexity index is 1050. The van der Waals surface area contributed by atoms with Crippen molar-refractivity contribution < 1.29 is 0 Å². The zero-order chi connectivity index (χ0) is 20.3. The lowest BCUT2D eigenvalue weighted by Gasteiger charge is -2.32. The van der Waals surface area contributed by atoms with E-state index in [-0.39, 0.29) is 5.56 Å². The van der Waals surface area contributed by atoms with Crippen molar-refractivity contribution in [1.29, 1.82) is 0 Å². The van der Waals surface area contributed by atoms with E-state index >= 15 is 0 Å². The fourth-order valence-electron chi connectivity index (χ4n) is 4.71. The van der Waals surface area contributed by atoms with Gasteiger partial charge in [-0.3, -0.25) is 23.9 Å². The van der Waals surface area contributed by atoms with Gasteiger partial charge in [-0.05, 0) is 63.2 Å². The molecule has 2 aliphatic rings. The predicted octanol–water partition coefficient (Wildman–Crippen LogP) is 2.75. The van der Waals surface area contributed by atoms with Gasteiger partial charge in [-0.15, -0.1) is 0 Å². The second kappa shape index (κ2) is 8.52. The molecule has 2 aliphatic heterocycles.